The second kappa shape index (κ2) is 4.94. The van der Waals surface area contributed by atoms with Crippen LogP contribution in [0.1, 0.15) is 43.1 Å². The average Bonchev–Trinajstić information content (AvgIpc) is 2.25. The van der Waals surface area contributed by atoms with Crippen LogP contribution in [0.2, 0.25) is 0 Å². The van der Waals surface area contributed by atoms with Gasteiger partial charge in [0.25, 0.3) is 0 Å². The van der Waals surface area contributed by atoms with Gasteiger partial charge in [-0.2, -0.15) is 0 Å². The van der Waals surface area contributed by atoms with Crippen molar-refractivity contribution in [2.45, 2.75) is 32.6 Å². The summed E-state index contributed by atoms with van der Waals surface area (Å²) < 4.78 is 0. The van der Waals surface area contributed by atoms with Crippen LogP contribution in [-0.4, -0.2) is 12.3 Å². The molecule has 0 bridgehead atoms. The Bertz CT molecular complexity index is 404. The standard InChI is InChI=1S/C14H17NO/c1-14(2,3)12-7-5-11(6-8-12)13(16)9-10-15-4/h5-8H,9-10H2,1-3H3. The van der Waals surface area contributed by atoms with Gasteiger partial charge in [-0.05, 0) is 11.0 Å². The molecule has 2 heteroatoms. The monoisotopic (exact) mass is 215 g/mol. The molecule has 84 valence electrons. The zero-order valence-corrected chi connectivity index (χ0v) is 10.1. The van der Waals surface area contributed by atoms with Gasteiger partial charge in [0.2, 0.25) is 6.54 Å². The lowest BCUT2D eigenvalue weighted by atomic mass is 9.86. The minimum Gasteiger partial charge on any atom is -0.316 e. The Morgan fingerprint density at radius 3 is 2.25 bits per heavy atom. The molecule has 0 fully saturated rings. The highest BCUT2D eigenvalue weighted by molar-refractivity contribution is 5.96. The summed E-state index contributed by atoms with van der Waals surface area (Å²) in [6.07, 6.45) is 0.318. The van der Waals surface area contributed by atoms with Crippen molar-refractivity contribution < 1.29 is 4.79 Å². The first kappa shape index (κ1) is 12.4. The third-order valence-corrected chi connectivity index (χ3v) is 2.52. The van der Waals surface area contributed by atoms with E-state index in [4.69, 9.17) is 6.57 Å². The first-order valence-electron chi connectivity index (χ1n) is 5.42. The SMILES string of the molecule is [C-]#[N+]CCC(=O)c1ccc(C(C)(C)C)cc1. The Morgan fingerprint density at radius 1 is 1.25 bits per heavy atom. The van der Waals surface area contributed by atoms with Crippen LogP contribution in [0.4, 0.5) is 0 Å². The molecule has 2 nitrogen and oxygen atoms in total. The van der Waals surface area contributed by atoms with Crippen molar-refractivity contribution in [1.29, 1.82) is 0 Å². The highest BCUT2D eigenvalue weighted by atomic mass is 16.1. The molecule has 0 aliphatic heterocycles. The number of rotatable bonds is 3. The number of benzene rings is 1. The predicted octanol–water partition coefficient (Wildman–Crippen LogP) is 3.48. The molecule has 1 rings (SSSR count). The summed E-state index contributed by atoms with van der Waals surface area (Å²) >= 11 is 0. The van der Waals surface area contributed by atoms with Gasteiger partial charge in [-0.25, -0.2) is 6.57 Å². The maximum absolute atomic E-state index is 11.6. The summed E-state index contributed by atoms with van der Waals surface area (Å²) in [6.45, 7) is 13.3. The van der Waals surface area contributed by atoms with Gasteiger partial charge in [-0.3, -0.25) is 4.79 Å². The minimum atomic E-state index is 0.0523. The Morgan fingerprint density at radius 2 is 1.81 bits per heavy atom. The molecule has 0 aliphatic rings. The summed E-state index contributed by atoms with van der Waals surface area (Å²) in [5, 5.41) is 0. The van der Waals surface area contributed by atoms with E-state index in [9.17, 15) is 4.79 Å². The van der Waals surface area contributed by atoms with Gasteiger partial charge >= 0.3 is 0 Å². The molecule has 0 saturated carbocycles. The van der Waals surface area contributed by atoms with Crippen molar-refractivity contribution in [3.63, 3.8) is 0 Å². The van der Waals surface area contributed by atoms with Crippen molar-refractivity contribution in [3.8, 4) is 0 Å². The summed E-state index contributed by atoms with van der Waals surface area (Å²) in [5.41, 5.74) is 2.03. The van der Waals surface area contributed by atoms with E-state index in [0.717, 1.165) is 0 Å². The van der Waals surface area contributed by atoms with Crippen LogP contribution in [0.25, 0.3) is 4.85 Å². The number of carbonyl (C=O) groups excluding carboxylic acids is 1. The highest BCUT2D eigenvalue weighted by Gasteiger charge is 2.14. The van der Waals surface area contributed by atoms with Crippen molar-refractivity contribution in [3.05, 3.63) is 46.8 Å². The second-order valence-electron chi connectivity index (χ2n) is 4.88. The van der Waals surface area contributed by atoms with Crippen LogP contribution in [0, 0.1) is 6.57 Å². The van der Waals surface area contributed by atoms with Crippen LogP contribution in [0.5, 0.6) is 0 Å². The zero-order valence-electron chi connectivity index (χ0n) is 10.1. The fourth-order valence-electron chi connectivity index (χ4n) is 1.46. The number of ketones is 1. The molecule has 0 N–H and O–H groups in total. The van der Waals surface area contributed by atoms with Gasteiger partial charge in [0.15, 0.2) is 5.78 Å². The molecule has 0 heterocycles. The van der Waals surface area contributed by atoms with Crippen LogP contribution in [-0.2, 0) is 5.41 Å². The molecule has 0 spiro atoms. The van der Waals surface area contributed by atoms with E-state index in [0.29, 0.717) is 12.0 Å². The van der Waals surface area contributed by atoms with Crippen molar-refractivity contribution in [2.75, 3.05) is 6.54 Å². The van der Waals surface area contributed by atoms with Crippen molar-refractivity contribution >= 4 is 5.78 Å². The van der Waals surface area contributed by atoms with Crippen LogP contribution in [0.15, 0.2) is 24.3 Å². The third-order valence-electron chi connectivity index (χ3n) is 2.52. The van der Waals surface area contributed by atoms with Crippen LogP contribution in [0.3, 0.4) is 0 Å². The number of hydrogen-bond donors (Lipinski definition) is 0. The largest absolute Gasteiger partial charge is 0.316 e. The van der Waals surface area contributed by atoms with Crippen molar-refractivity contribution in [2.24, 2.45) is 0 Å². The topological polar surface area (TPSA) is 21.4 Å². The summed E-state index contributed by atoms with van der Waals surface area (Å²) in [5.74, 6) is 0.0523. The van der Waals surface area contributed by atoms with E-state index < -0.39 is 0 Å². The molecule has 0 saturated heterocycles. The molecule has 0 atom stereocenters. The summed E-state index contributed by atoms with van der Waals surface area (Å²) in [6, 6.07) is 7.69. The Hall–Kier alpha value is -1.62. The molecular weight excluding hydrogens is 198 g/mol. The molecule has 0 aliphatic carbocycles. The van der Waals surface area contributed by atoms with Crippen LogP contribution < -0.4 is 0 Å². The Kier molecular flexibility index (Phi) is 3.84. The second-order valence-corrected chi connectivity index (χ2v) is 4.88. The molecular formula is C14H17NO. The fourth-order valence-corrected chi connectivity index (χ4v) is 1.46. The minimum absolute atomic E-state index is 0.0523. The number of hydrogen-bond acceptors (Lipinski definition) is 1. The first-order valence-corrected chi connectivity index (χ1v) is 5.42. The number of carbonyl (C=O) groups is 1. The lowest BCUT2D eigenvalue weighted by Crippen LogP contribution is -2.11. The summed E-state index contributed by atoms with van der Waals surface area (Å²) in [7, 11) is 0. The van der Waals surface area contributed by atoms with Gasteiger partial charge in [-0.1, -0.05) is 45.0 Å². The smallest absolute Gasteiger partial charge is 0.221 e. The summed E-state index contributed by atoms with van der Waals surface area (Å²) in [4.78, 5) is 14.8. The predicted molar refractivity (Wildman–Crippen MR) is 65.6 cm³/mol. The van der Waals surface area contributed by atoms with Gasteiger partial charge in [0.1, 0.15) is 0 Å². The molecule has 0 amide bonds. The third kappa shape index (κ3) is 3.20. The Labute approximate surface area is 97.1 Å². The molecule has 1 aromatic rings. The number of nitrogens with zero attached hydrogens (tertiary/aromatic N) is 1. The quantitative estimate of drug-likeness (QED) is 0.558. The average molecular weight is 215 g/mol. The highest BCUT2D eigenvalue weighted by Crippen LogP contribution is 2.22. The maximum atomic E-state index is 11.6. The van der Waals surface area contributed by atoms with Crippen LogP contribution >= 0.6 is 0 Å². The van der Waals surface area contributed by atoms with Gasteiger partial charge in [0, 0.05) is 5.56 Å². The van der Waals surface area contributed by atoms with E-state index in [1.807, 2.05) is 24.3 Å². The Balaban J connectivity index is 2.80. The molecule has 0 unspecified atom stereocenters. The van der Waals surface area contributed by atoms with E-state index in [-0.39, 0.29) is 17.7 Å². The molecule has 0 aromatic heterocycles. The van der Waals surface area contributed by atoms with E-state index >= 15 is 0 Å². The maximum Gasteiger partial charge on any atom is 0.221 e. The van der Waals surface area contributed by atoms with E-state index in [1.54, 1.807) is 0 Å². The molecule has 0 radical (unpaired) electrons. The van der Waals surface area contributed by atoms with E-state index in [1.165, 1.54) is 5.56 Å². The molecule has 16 heavy (non-hydrogen) atoms. The zero-order chi connectivity index (χ0) is 12.2. The van der Waals surface area contributed by atoms with Gasteiger partial charge < -0.3 is 4.85 Å². The first-order chi connectivity index (χ1) is 7.45. The number of Topliss-reactive ketones (excluding diaryl/α,β-unsaturated/α-hetero) is 1. The molecule has 1 aromatic carbocycles. The lowest BCUT2D eigenvalue weighted by Gasteiger charge is -2.18. The van der Waals surface area contributed by atoms with Crippen molar-refractivity contribution in [1.82, 2.24) is 0 Å². The lowest BCUT2D eigenvalue weighted by molar-refractivity contribution is 0.0987. The van der Waals surface area contributed by atoms with Gasteiger partial charge in [0.05, 0.1) is 6.42 Å². The fraction of sp³-hybridized carbons (Fsp3) is 0.429. The normalized spacial score (nSPS) is 10.9. The van der Waals surface area contributed by atoms with E-state index in [2.05, 4.69) is 25.6 Å². The van der Waals surface area contributed by atoms with Gasteiger partial charge in [-0.15, -0.1) is 0 Å².